The molecule has 0 aliphatic heterocycles. The molecule has 1 aliphatic rings. The fraction of sp³-hybridized carbons (Fsp3) is 0.357. The van der Waals surface area contributed by atoms with Gasteiger partial charge in [0.1, 0.15) is 10.8 Å². The number of hydrogen-bond donors (Lipinski definition) is 2. The van der Waals surface area contributed by atoms with Crippen molar-refractivity contribution in [1.82, 2.24) is 10.1 Å². The molecule has 2 aromatic rings. The third kappa shape index (κ3) is 2.65. The Morgan fingerprint density at radius 2 is 2.25 bits per heavy atom. The average molecular weight is 288 g/mol. The summed E-state index contributed by atoms with van der Waals surface area (Å²) >= 11 is 5.13. The van der Waals surface area contributed by atoms with Gasteiger partial charge in [0, 0.05) is 11.8 Å². The minimum Gasteiger partial charge on any atom is -0.389 e. The normalized spacial score (nSPS) is 13.8. The van der Waals surface area contributed by atoms with Gasteiger partial charge in [-0.1, -0.05) is 17.4 Å². The Hall–Kier alpha value is -1.95. The van der Waals surface area contributed by atoms with Gasteiger partial charge in [0.2, 0.25) is 0 Å². The van der Waals surface area contributed by atoms with Crippen LogP contribution in [-0.4, -0.2) is 15.1 Å². The molecule has 2 heterocycles. The highest BCUT2D eigenvalue weighted by molar-refractivity contribution is 7.80. The number of anilines is 1. The van der Waals surface area contributed by atoms with Gasteiger partial charge in [0.05, 0.1) is 18.3 Å². The first-order valence-corrected chi connectivity index (χ1v) is 7.11. The summed E-state index contributed by atoms with van der Waals surface area (Å²) in [5.41, 5.74) is 9.04. The van der Waals surface area contributed by atoms with Crippen molar-refractivity contribution in [2.45, 2.75) is 32.2 Å². The van der Waals surface area contributed by atoms with Gasteiger partial charge >= 0.3 is 0 Å². The Morgan fingerprint density at radius 3 is 3.00 bits per heavy atom. The minimum absolute atomic E-state index is 0.367. The summed E-state index contributed by atoms with van der Waals surface area (Å²) in [6, 6.07) is 3.89. The topological polar surface area (TPSA) is 77.0 Å². The van der Waals surface area contributed by atoms with Crippen LogP contribution in [0.2, 0.25) is 0 Å². The second-order valence-electron chi connectivity index (χ2n) is 4.89. The van der Waals surface area contributed by atoms with Crippen LogP contribution in [0.1, 0.15) is 35.4 Å². The van der Waals surface area contributed by atoms with Gasteiger partial charge in [-0.05, 0) is 37.3 Å². The van der Waals surface area contributed by atoms with Crippen molar-refractivity contribution in [2.24, 2.45) is 5.73 Å². The Balaban J connectivity index is 1.89. The van der Waals surface area contributed by atoms with Gasteiger partial charge in [-0.2, -0.15) is 0 Å². The highest BCUT2D eigenvalue weighted by Crippen LogP contribution is 2.25. The van der Waals surface area contributed by atoms with E-state index in [1.165, 1.54) is 18.4 Å². The van der Waals surface area contributed by atoms with Crippen LogP contribution in [-0.2, 0) is 19.4 Å². The molecular weight excluding hydrogens is 272 g/mol. The molecule has 0 amide bonds. The van der Waals surface area contributed by atoms with Gasteiger partial charge in [0.15, 0.2) is 5.76 Å². The number of thiocarbonyl (C=S) groups is 1. The summed E-state index contributed by atoms with van der Waals surface area (Å²) in [4.78, 5) is 5.06. The Bertz CT molecular complexity index is 624. The molecule has 0 radical (unpaired) electrons. The van der Waals surface area contributed by atoms with Crippen LogP contribution >= 0.6 is 12.2 Å². The van der Waals surface area contributed by atoms with E-state index < -0.39 is 0 Å². The van der Waals surface area contributed by atoms with E-state index in [9.17, 15) is 0 Å². The number of aromatic nitrogens is 2. The molecule has 0 unspecified atom stereocenters. The molecule has 2 aromatic heterocycles. The number of rotatable bonds is 4. The van der Waals surface area contributed by atoms with Crippen LogP contribution in [0.4, 0.5) is 5.82 Å². The summed E-state index contributed by atoms with van der Waals surface area (Å²) < 4.78 is 5.06. The maximum Gasteiger partial charge on any atom is 0.155 e. The van der Waals surface area contributed by atoms with Crippen molar-refractivity contribution in [1.29, 1.82) is 0 Å². The lowest BCUT2D eigenvalue weighted by atomic mass is 9.94. The zero-order valence-corrected chi connectivity index (χ0v) is 11.9. The van der Waals surface area contributed by atoms with Gasteiger partial charge in [0.25, 0.3) is 0 Å². The molecule has 3 rings (SSSR count). The lowest BCUT2D eigenvalue weighted by Crippen LogP contribution is -2.18. The van der Waals surface area contributed by atoms with Gasteiger partial charge in [-0.15, -0.1) is 0 Å². The summed E-state index contributed by atoms with van der Waals surface area (Å²) in [5.74, 6) is 1.48. The third-order valence-corrected chi connectivity index (χ3v) is 3.71. The summed E-state index contributed by atoms with van der Waals surface area (Å²) in [7, 11) is 0. The van der Waals surface area contributed by atoms with Crippen molar-refractivity contribution >= 4 is 23.0 Å². The highest BCUT2D eigenvalue weighted by atomic mass is 32.1. The second-order valence-corrected chi connectivity index (χ2v) is 5.33. The van der Waals surface area contributed by atoms with Crippen LogP contribution in [0.5, 0.6) is 0 Å². The molecule has 104 valence electrons. The standard InChI is InChI=1S/C14H16N4OS/c15-13(20)11-7-9-3-1-2-4-12(9)18-14(11)16-8-10-5-6-17-19-10/h5-7H,1-4,8H2,(H2,15,20)(H,16,18). The van der Waals surface area contributed by atoms with E-state index in [2.05, 4.69) is 16.5 Å². The molecule has 1 aliphatic carbocycles. The van der Waals surface area contributed by atoms with Crippen LogP contribution in [0.15, 0.2) is 22.9 Å². The lowest BCUT2D eigenvalue weighted by Gasteiger charge is -2.18. The number of nitrogens with two attached hydrogens (primary N) is 1. The molecule has 0 saturated heterocycles. The number of pyridine rings is 1. The number of fused-ring (bicyclic) bond motifs is 1. The van der Waals surface area contributed by atoms with Gasteiger partial charge in [-0.3, -0.25) is 0 Å². The molecule has 3 N–H and O–H groups in total. The Morgan fingerprint density at radius 1 is 1.40 bits per heavy atom. The Kier molecular flexibility index (Phi) is 3.64. The van der Waals surface area contributed by atoms with Crippen LogP contribution in [0, 0.1) is 0 Å². The van der Waals surface area contributed by atoms with E-state index in [1.54, 1.807) is 6.20 Å². The maximum atomic E-state index is 5.81. The first kappa shape index (κ1) is 13.1. The van der Waals surface area contributed by atoms with Crippen LogP contribution in [0.25, 0.3) is 0 Å². The highest BCUT2D eigenvalue weighted by Gasteiger charge is 2.16. The van der Waals surface area contributed by atoms with Crippen molar-refractivity contribution in [3.05, 3.63) is 40.9 Å². The fourth-order valence-corrected chi connectivity index (χ4v) is 2.62. The zero-order valence-electron chi connectivity index (χ0n) is 11.1. The monoisotopic (exact) mass is 288 g/mol. The quantitative estimate of drug-likeness (QED) is 0.840. The average Bonchev–Trinajstić information content (AvgIpc) is 2.97. The van der Waals surface area contributed by atoms with E-state index in [4.69, 9.17) is 27.5 Å². The predicted octanol–water partition coefficient (Wildman–Crippen LogP) is 2.19. The maximum absolute atomic E-state index is 5.81. The molecule has 6 heteroatoms. The Labute approximate surface area is 122 Å². The summed E-state index contributed by atoms with van der Waals surface area (Å²) in [5, 5.41) is 6.91. The second kappa shape index (κ2) is 5.58. The molecule has 0 atom stereocenters. The van der Waals surface area contributed by atoms with Gasteiger partial charge < -0.3 is 15.6 Å². The summed E-state index contributed by atoms with van der Waals surface area (Å²) in [6.45, 7) is 0.515. The molecule has 5 nitrogen and oxygen atoms in total. The van der Waals surface area contributed by atoms with Crippen LogP contribution < -0.4 is 11.1 Å². The van der Waals surface area contributed by atoms with Gasteiger partial charge in [-0.25, -0.2) is 4.98 Å². The first-order valence-electron chi connectivity index (χ1n) is 6.70. The molecule has 0 saturated carbocycles. The largest absolute Gasteiger partial charge is 0.389 e. The van der Waals surface area contributed by atoms with E-state index in [-0.39, 0.29) is 0 Å². The molecular formula is C14H16N4OS. The van der Waals surface area contributed by atoms with Crippen molar-refractivity contribution in [2.75, 3.05) is 5.32 Å². The van der Waals surface area contributed by atoms with Crippen LogP contribution in [0.3, 0.4) is 0 Å². The molecule has 0 spiro atoms. The number of hydrogen-bond acceptors (Lipinski definition) is 5. The first-order chi connectivity index (χ1) is 9.74. The fourth-order valence-electron chi connectivity index (χ4n) is 2.46. The van der Waals surface area contributed by atoms with E-state index in [0.29, 0.717) is 11.5 Å². The van der Waals surface area contributed by atoms with Crippen molar-refractivity contribution < 1.29 is 4.52 Å². The number of nitrogens with zero attached hydrogens (tertiary/aromatic N) is 2. The number of aryl methyl sites for hydroxylation is 2. The number of nitrogens with one attached hydrogen (secondary N) is 1. The summed E-state index contributed by atoms with van der Waals surface area (Å²) in [6.07, 6.45) is 6.08. The molecule has 0 aromatic carbocycles. The zero-order chi connectivity index (χ0) is 13.9. The molecule has 0 bridgehead atoms. The lowest BCUT2D eigenvalue weighted by molar-refractivity contribution is 0.388. The van der Waals surface area contributed by atoms with E-state index in [1.807, 2.05) is 6.07 Å². The van der Waals surface area contributed by atoms with E-state index in [0.717, 1.165) is 35.7 Å². The molecule has 20 heavy (non-hydrogen) atoms. The van der Waals surface area contributed by atoms with Crippen molar-refractivity contribution in [3.63, 3.8) is 0 Å². The third-order valence-electron chi connectivity index (χ3n) is 3.49. The smallest absolute Gasteiger partial charge is 0.155 e. The predicted molar refractivity (Wildman–Crippen MR) is 80.6 cm³/mol. The van der Waals surface area contributed by atoms with E-state index >= 15 is 0 Å². The van der Waals surface area contributed by atoms with Crippen molar-refractivity contribution in [3.8, 4) is 0 Å². The SMILES string of the molecule is NC(=S)c1cc2c(nc1NCc1ccno1)CCCC2. The minimum atomic E-state index is 0.367. The molecule has 0 fully saturated rings.